The molecule has 3 N–H and O–H groups in total. The third kappa shape index (κ3) is 6.64. The first-order valence-corrected chi connectivity index (χ1v) is 12.4. The number of amides is 1. The van der Waals surface area contributed by atoms with Gasteiger partial charge in [0, 0.05) is 30.7 Å². The molecular formula is C29H31F3N6O. The number of aromatic nitrogens is 2. The number of hydrogen-bond donors (Lipinski definition) is 2. The van der Waals surface area contributed by atoms with Crippen LogP contribution in [0.15, 0.2) is 60.8 Å². The third-order valence-electron chi connectivity index (χ3n) is 6.49. The fourth-order valence-corrected chi connectivity index (χ4v) is 4.36. The molecule has 0 saturated carbocycles. The predicted molar refractivity (Wildman–Crippen MR) is 150 cm³/mol. The fourth-order valence-electron chi connectivity index (χ4n) is 4.36. The van der Waals surface area contributed by atoms with Crippen molar-refractivity contribution in [2.45, 2.75) is 19.5 Å². The monoisotopic (exact) mass is 536 g/mol. The number of carbonyl (C=O) groups excluding carboxylic acids is 1. The molecule has 0 saturated heterocycles. The largest absolute Gasteiger partial charge is 0.416 e. The van der Waals surface area contributed by atoms with Crippen LogP contribution in [0.1, 0.15) is 27.9 Å². The van der Waals surface area contributed by atoms with Gasteiger partial charge >= 0.3 is 6.18 Å². The highest BCUT2D eigenvalue weighted by Gasteiger charge is 2.31. The summed E-state index contributed by atoms with van der Waals surface area (Å²) in [4.78, 5) is 25.3. The number of nitrogen functional groups attached to an aromatic ring is 1. The Hall–Kier alpha value is -4.18. The van der Waals surface area contributed by atoms with Gasteiger partial charge in [0.1, 0.15) is 0 Å². The number of nitrogens with one attached hydrogen (secondary N) is 1. The van der Waals surface area contributed by atoms with Crippen LogP contribution < -0.4 is 16.0 Å². The number of nitrogens with two attached hydrogens (primary N) is 1. The molecule has 1 aromatic heterocycles. The Bertz CT molecular complexity index is 1500. The molecule has 7 nitrogen and oxygen atoms in total. The summed E-state index contributed by atoms with van der Waals surface area (Å²) in [6.07, 6.45) is -2.10. The van der Waals surface area contributed by atoms with Gasteiger partial charge in [0.15, 0.2) is 0 Å². The molecule has 0 aliphatic carbocycles. The summed E-state index contributed by atoms with van der Waals surface area (Å²) in [6.45, 7) is 3.25. The zero-order chi connectivity index (χ0) is 28.3. The molecule has 0 bridgehead atoms. The van der Waals surface area contributed by atoms with Gasteiger partial charge in [-0.2, -0.15) is 13.2 Å². The van der Waals surface area contributed by atoms with Crippen molar-refractivity contribution in [2.24, 2.45) is 0 Å². The number of rotatable bonds is 8. The van der Waals surface area contributed by atoms with Crippen LogP contribution in [0.4, 0.5) is 30.5 Å². The van der Waals surface area contributed by atoms with Gasteiger partial charge < -0.3 is 20.9 Å². The lowest BCUT2D eigenvalue weighted by Gasteiger charge is -2.25. The van der Waals surface area contributed by atoms with E-state index >= 15 is 0 Å². The molecule has 10 heteroatoms. The van der Waals surface area contributed by atoms with Crippen LogP contribution in [-0.4, -0.2) is 55.0 Å². The van der Waals surface area contributed by atoms with Gasteiger partial charge in [-0.15, -0.1) is 0 Å². The molecule has 0 atom stereocenters. The molecule has 4 aromatic rings. The first-order chi connectivity index (χ1) is 18.4. The van der Waals surface area contributed by atoms with Gasteiger partial charge in [-0.1, -0.05) is 12.1 Å². The number of alkyl halides is 3. The van der Waals surface area contributed by atoms with Gasteiger partial charge in [-0.05, 0) is 93.1 Å². The Labute approximate surface area is 225 Å². The van der Waals surface area contributed by atoms with E-state index in [9.17, 15) is 18.0 Å². The van der Waals surface area contributed by atoms with Crippen LogP contribution >= 0.6 is 0 Å². The zero-order valence-electron chi connectivity index (χ0n) is 22.3. The molecule has 3 aromatic carbocycles. The summed E-state index contributed by atoms with van der Waals surface area (Å²) in [6, 6.07) is 14.4. The van der Waals surface area contributed by atoms with Crippen LogP contribution in [0.5, 0.6) is 0 Å². The van der Waals surface area contributed by atoms with Gasteiger partial charge in [-0.3, -0.25) is 4.79 Å². The number of aryl methyl sites for hydroxylation is 1. The van der Waals surface area contributed by atoms with Crippen molar-refractivity contribution < 1.29 is 18.0 Å². The Morgan fingerprint density at radius 2 is 1.77 bits per heavy atom. The SMILES string of the molecule is Cc1ccc(C(=O)Nc2ccc(C(F)(F)F)cc2N(C)CCCN(C)C)cc1-c1ccc2nc(N)ncc2c1. The normalized spacial score (nSPS) is 11.7. The second kappa shape index (κ2) is 11.3. The average Bonchev–Trinajstić information content (AvgIpc) is 2.88. The van der Waals surface area contributed by atoms with Crippen molar-refractivity contribution in [3.63, 3.8) is 0 Å². The lowest BCUT2D eigenvalue weighted by molar-refractivity contribution is -0.137. The number of anilines is 3. The minimum absolute atomic E-state index is 0.191. The van der Waals surface area contributed by atoms with E-state index in [0.29, 0.717) is 29.0 Å². The van der Waals surface area contributed by atoms with E-state index in [2.05, 4.69) is 15.3 Å². The molecular weight excluding hydrogens is 505 g/mol. The number of benzene rings is 3. The molecule has 4 rings (SSSR count). The number of nitrogens with zero attached hydrogens (tertiary/aromatic N) is 4. The number of halogens is 3. The third-order valence-corrected chi connectivity index (χ3v) is 6.49. The molecule has 0 radical (unpaired) electrons. The first-order valence-electron chi connectivity index (χ1n) is 12.4. The number of fused-ring (bicyclic) bond motifs is 1. The van der Waals surface area contributed by atoms with Crippen molar-refractivity contribution in [2.75, 3.05) is 50.2 Å². The Morgan fingerprint density at radius 3 is 2.49 bits per heavy atom. The average molecular weight is 537 g/mol. The Kier molecular flexibility index (Phi) is 8.06. The first kappa shape index (κ1) is 27.8. The van der Waals surface area contributed by atoms with Crippen LogP contribution in [0.25, 0.3) is 22.0 Å². The van der Waals surface area contributed by atoms with E-state index in [4.69, 9.17) is 5.73 Å². The number of carbonyl (C=O) groups is 1. The van der Waals surface area contributed by atoms with Crippen molar-refractivity contribution in [3.8, 4) is 11.1 Å². The van der Waals surface area contributed by atoms with Crippen molar-refractivity contribution in [1.29, 1.82) is 0 Å². The molecule has 0 aliphatic heterocycles. The minimum atomic E-state index is -4.50. The van der Waals surface area contributed by atoms with Crippen LogP contribution in [0.2, 0.25) is 0 Å². The standard InChI is InChI=1S/C29H31F3N6O/c1-18-6-7-20(15-23(18)19-8-10-24-21(14-19)17-34-28(33)36-24)27(39)35-25-11-9-22(29(30,31)32)16-26(25)38(4)13-5-12-37(2)3/h6-11,14-17H,5,12-13H2,1-4H3,(H,35,39)(H2,33,34,36). The van der Waals surface area contributed by atoms with E-state index in [0.717, 1.165) is 47.2 Å². The highest BCUT2D eigenvalue weighted by Crippen LogP contribution is 2.36. The zero-order valence-corrected chi connectivity index (χ0v) is 22.3. The smallest absolute Gasteiger partial charge is 0.373 e. The summed E-state index contributed by atoms with van der Waals surface area (Å²) in [5.74, 6) is -0.230. The summed E-state index contributed by atoms with van der Waals surface area (Å²) >= 11 is 0. The van der Waals surface area contributed by atoms with E-state index < -0.39 is 17.6 Å². The molecule has 0 fully saturated rings. The highest BCUT2D eigenvalue weighted by molar-refractivity contribution is 6.07. The predicted octanol–water partition coefficient (Wildman–Crippen LogP) is 5.85. The van der Waals surface area contributed by atoms with E-state index in [1.54, 1.807) is 30.3 Å². The molecule has 0 unspecified atom stereocenters. The second-order valence-electron chi connectivity index (χ2n) is 9.79. The van der Waals surface area contributed by atoms with Crippen molar-refractivity contribution in [1.82, 2.24) is 14.9 Å². The highest BCUT2D eigenvalue weighted by atomic mass is 19.4. The van der Waals surface area contributed by atoms with Gasteiger partial charge in [-0.25, -0.2) is 9.97 Å². The van der Waals surface area contributed by atoms with Crippen LogP contribution in [-0.2, 0) is 6.18 Å². The van der Waals surface area contributed by atoms with Gasteiger partial charge in [0.25, 0.3) is 5.91 Å². The number of hydrogen-bond acceptors (Lipinski definition) is 6. The summed E-state index contributed by atoms with van der Waals surface area (Å²) in [5.41, 5.74) is 9.29. The lowest BCUT2D eigenvalue weighted by atomic mass is 9.97. The molecule has 0 aliphatic rings. The van der Waals surface area contributed by atoms with E-state index in [-0.39, 0.29) is 5.95 Å². The maximum Gasteiger partial charge on any atom is 0.416 e. The molecule has 39 heavy (non-hydrogen) atoms. The summed E-state index contributed by atoms with van der Waals surface area (Å²) < 4.78 is 40.4. The van der Waals surface area contributed by atoms with Crippen molar-refractivity contribution in [3.05, 3.63) is 77.5 Å². The Balaban J connectivity index is 1.63. The molecule has 204 valence electrons. The topological polar surface area (TPSA) is 87.4 Å². The van der Waals surface area contributed by atoms with E-state index in [1.165, 1.54) is 6.07 Å². The van der Waals surface area contributed by atoms with E-state index in [1.807, 2.05) is 50.2 Å². The van der Waals surface area contributed by atoms with Crippen LogP contribution in [0, 0.1) is 6.92 Å². The molecule has 0 spiro atoms. The van der Waals surface area contributed by atoms with Gasteiger partial charge in [0.05, 0.1) is 22.5 Å². The summed E-state index contributed by atoms with van der Waals surface area (Å²) in [5, 5.41) is 3.64. The fraction of sp³-hybridized carbons (Fsp3) is 0.276. The second-order valence-corrected chi connectivity index (χ2v) is 9.79. The maximum absolute atomic E-state index is 13.5. The van der Waals surface area contributed by atoms with Gasteiger partial charge in [0.2, 0.25) is 5.95 Å². The van der Waals surface area contributed by atoms with Crippen LogP contribution in [0.3, 0.4) is 0 Å². The maximum atomic E-state index is 13.5. The quantitative estimate of drug-likeness (QED) is 0.294. The minimum Gasteiger partial charge on any atom is -0.373 e. The Morgan fingerprint density at radius 1 is 1.00 bits per heavy atom. The lowest BCUT2D eigenvalue weighted by Crippen LogP contribution is -2.25. The summed E-state index contributed by atoms with van der Waals surface area (Å²) in [7, 11) is 5.60. The molecule has 1 amide bonds. The van der Waals surface area contributed by atoms with Crippen molar-refractivity contribution >= 4 is 34.1 Å². The molecule has 1 heterocycles.